The van der Waals surface area contributed by atoms with Gasteiger partial charge in [-0.05, 0) is 70.4 Å². The highest BCUT2D eigenvalue weighted by Gasteiger charge is 2.41. The van der Waals surface area contributed by atoms with Crippen LogP contribution in [0.2, 0.25) is 18.1 Å². The average Bonchev–Trinajstić information content (AvgIpc) is 3.10. The van der Waals surface area contributed by atoms with E-state index in [0.29, 0.717) is 24.4 Å². The lowest BCUT2D eigenvalue weighted by atomic mass is 10.1. The Kier molecular flexibility index (Phi) is 8.76. The van der Waals surface area contributed by atoms with Gasteiger partial charge in [0.1, 0.15) is 5.60 Å². The Hall–Kier alpha value is -1.90. The maximum atomic E-state index is 13.1. The molecule has 1 aliphatic rings. The summed E-state index contributed by atoms with van der Waals surface area (Å²) in [6, 6.07) is 6.99. The summed E-state index contributed by atoms with van der Waals surface area (Å²) >= 11 is 0. The molecule has 1 N–H and O–H groups in total. The van der Waals surface area contributed by atoms with Gasteiger partial charge in [0.25, 0.3) is 0 Å². The van der Waals surface area contributed by atoms with E-state index in [0.717, 1.165) is 13.0 Å². The van der Waals surface area contributed by atoms with Crippen LogP contribution in [0.25, 0.3) is 0 Å². The van der Waals surface area contributed by atoms with E-state index in [1.807, 2.05) is 26.8 Å². The van der Waals surface area contributed by atoms with Crippen LogP contribution in [0.15, 0.2) is 24.3 Å². The Balaban J connectivity index is 2.20. The number of ether oxygens (including phenoxy) is 2. The number of amides is 1. The topological polar surface area (TPSA) is 77.1 Å². The Morgan fingerprint density at radius 2 is 1.82 bits per heavy atom. The monoisotopic (exact) mass is 478 g/mol. The van der Waals surface area contributed by atoms with Gasteiger partial charge in [-0.3, -0.25) is 4.90 Å². The van der Waals surface area contributed by atoms with Crippen LogP contribution in [0.1, 0.15) is 65.2 Å². The zero-order valence-corrected chi connectivity index (χ0v) is 22.8. The highest BCUT2D eigenvalue weighted by atomic mass is 28.4. The molecule has 0 saturated carbocycles. The van der Waals surface area contributed by atoms with Crippen LogP contribution >= 0.6 is 0 Å². The second kappa shape index (κ2) is 10.6. The third kappa shape index (κ3) is 7.83. The fraction of sp³-hybridized carbons (Fsp3) is 0.680. The van der Waals surface area contributed by atoms with Crippen LogP contribution in [-0.2, 0) is 13.9 Å². The fourth-order valence-electron chi connectivity index (χ4n) is 3.44. The normalized spacial score (nSPS) is 19.3. The van der Waals surface area contributed by atoms with Gasteiger partial charge in [-0.1, -0.05) is 26.8 Å². The molecular formula is C25H42N2O5Si. The summed E-state index contributed by atoms with van der Waals surface area (Å²) in [5.41, 5.74) is 0.373. The largest absolute Gasteiger partial charge is 0.462 e. The highest BCUT2D eigenvalue weighted by Crippen LogP contribution is 2.38. The van der Waals surface area contributed by atoms with Gasteiger partial charge in [-0.15, -0.1) is 0 Å². The summed E-state index contributed by atoms with van der Waals surface area (Å²) in [4.78, 5) is 27.0. The smallest absolute Gasteiger partial charge is 0.414 e. The van der Waals surface area contributed by atoms with Crippen LogP contribution in [0.4, 0.5) is 10.5 Å². The number of nitrogens with one attached hydrogen (secondary N) is 1. The van der Waals surface area contributed by atoms with E-state index in [1.165, 1.54) is 0 Å². The first-order chi connectivity index (χ1) is 15.1. The van der Waals surface area contributed by atoms with Gasteiger partial charge in [0.2, 0.25) is 0 Å². The van der Waals surface area contributed by atoms with E-state index in [4.69, 9.17) is 13.9 Å². The lowest BCUT2D eigenvalue weighted by Gasteiger charge is -2.38. The standard InChI is InChI=1S/C25H42N2O5Si/c1-10-30-22(28)18-12-11-13-20(14-18)27(23(29)31-24(2,3)4)17-19-15-21(16-26-19)32-33(8,9)25(5,6)7/h11-14,19,21,26H,10,15-17H2,1-9H3/t19-,21+/m0/s1. The van der Waals surface area contributed by atoms with Crippen LogP contribution in [0.5, 0.6) is 0 Å². The Bertz CT molecular complexity index is 829. The van der Waals surface area contributed by atoms with Crippen LogP contribution in [0, 0.1) is 0 Å². The fourth-order valence-corrected chi connectivity index (χ4v) is 4.81. The number of esters is 1. The van der Waals surface area contributed by atoms with Crippen molar-refractivity contribution in [2.75, 3.05) is 24.6 Å². The number of carbonyl (C=O) groups is 2. The second-order valence-electron chi connectivity index (χ2n) is 11.2. The number of anilines is 1. The highest BCUT2D eigenvalue weighted by molar-refractivity contribution is 6.74. The van der Waals surface area contributed by atoms with Gasteiger partial charge in [-0.25, -0.2) is 9.59 Å². The lowest BCUT2D eigenvalue weighted by molar-refractivity contribution is 0.0522. The summed E-state index contributed by atoms with van der Waals surface area (Å²) < 4.78 is 17.4. The molecule has 0 unspecified atom stereocenters. The molecule has 2 atom stereocenters. The van der Waals surface area contributed by atoms with Crippen molar-refractivity contribution in [3.8, 4) is 0 Å². The van der Waals surface area contributed by atoms with Crippen molar-refractivity contribution < 1.29 is 23.5 Å². The van der Waals surface area contributed by atoms with E-state index in [9.17, 15) is 9.59 Å². The molecule has 1 aliphatic heterocycles. The number of hydrogen-bond donors (Lipinski definition) is 1. The minimum Gasteiger partial charge on any atom is -0.462 e. The first kappa shape index (κ1) is 27.3. The quantitative estimate of drug-likeness (QED) is 0.420. The summed E-state index contributed by atoms with van der Waals surface area (Å²) in [6.07, 6.45) is 0.477. The predicted molar refractivity (Wildman–Crippen MR) is 134 cm³/mol. The molecular weight excluding hydrogens is 436 g/mol. The van der Waals surface area contributed by atoms with Crippen molar-refractivity contribution >= 4 is 26.1 Å². The number of rotatable bonds is 7. The van der Waals surface area contributed by atoms with Crippen LogP contribution in [0.3, 0.4) is 0 Å². The number of benzene rings is 1. The first-order valence-corrected chi connectivity index (χ1v) is 14.7. The summed E-state index contributed by atoms with van der Waals surface area (Å²) in [7, 11) is -1.88. The van der Waals surface area contributed by atoms with Crippen molar-refractivity contribution in [2.24, 2.45) is 0 Å². The van der Waals surface area contributed by atoms with Crippen molar-refractivity contribution in [1.82, 2.24) is 5.32 Å². The molecule has 0 aromatic heterocycles. The molecule has 1 aromatic rings. The van der Waals surface area contributed by atoms with Crippen molar-refractivity contribution in [3.05, 3.63) is 29.8 Å². The number of nitrogens with zero attached hydrogens (tertiary/aromatic N) is 1. The molecule has 1 heterocycles. The van der Waals surface area contributed by atoms with Gasteiger partial charge in [0, 0.05) is 24.8 Å². The molecule has 1 amide bonds. The summed E-state index contributed by atoms with van der Waals surface area (Å²) in [6.45, 7) is 20.0. The molecule has 186 valence electrons. The maximum Gasteiger partial charge on any atom is 0.414 e. The minimum atomic E-state index is -1.88. The second-order valence-corrected chi connectivity index (χ2v) is 16.0. The van der Waals surface area contributed by atoms with E-state index >= 15 is 0 Å². The Morgan fingerprint density at radius 3 is 2.39 bits per heavy atom. The van der Waals surface area contributed by atoms with Crippen molar-refractivity contribution in [1.29, 1.82) is 0 Å². The third-order valence-electron chi connectivity index (χ3n) is 6.13. The molecule has 0 bridgehead atoms. The van der Waals surface area contributed by atoms with Crippen LogP contribution < -0.4 is 10.2 Å². The number of hydrogen-bond acceptors (Lipinski definition) is 6. The predicted octanol–water partition coefficient (Wildman–Crippen LogP) is 5.36. The first-order valence-electron chi connectivity index (χ1n) is 11.8. The Labute approximate surface area is 200 Å². The molecule has 1 saturated heterocycles. The lowest BCUT2D eigenvalue weighted by Crippen LogP contribution is -2.44. The molecule has 33 heavy (non-hydrogen) atoms. The van der Waals surface area contributed by atoms with Gasteiger partial charge >= 0.3 is 12.1 Å². The van der Waals surface area contributed by atoms with Crippen molar-refractivity contribution in [2.45, 2.75) is 90.8 Å². The zero-order chi connectivity index (χ0) is 25.0. The van der Waals surface area contributed by atoms with Crippen LogP contribution in [-0.4, -0.2) is 57.8 Å². The molecule has 0 spiro atoms. The minimum absolute atomic E-state index is 0.0542. The molecule has 2 rings (SSSR count). The van der Waals surface area contributed by atoms with E-state index in [1.54, 1.807) is 30.0 Å². The van der Waals surface area contributed by atoms with Gasteiger partial charge < -0.3 is 19.2 Å². The summed E-state index contributed by atoms with van der Waals surface area (Å²) in [5.74, 6) is -0.412. The maximum absolute atomic E-state index is 13.1. The summed E-state index contributed by atoms with van der Waals surface area (Å²) in [5, 5.41) is 3.65. The average molecular weight is 479 g/mol. The van der Waals surface area contributed by atoms with Gasteiger partial charge in [-0.2, -0.15) is 0 Å². The third-order valence-corrected chi connectivity index (χ3v) is 10.7. The Morgan fingerprint density at radius 1 is 1.15 bits per heavy atom. The molecule has 1 aromatic carbocycles. The van der Waals surface area contributed by atoms with Gasteiger partial charge in [0.05, 0.1) is 18.3 Å². The van der Waals surface area contributed by atoms with Gasteiger partial charge in [0.15, 0.2) is 8.32 Å². The molecule has 7 nitrogen and oxygen atoms in total. The van der Waals surface area contributed by atoms with Crippen molar-refractivity contribution in [3.63, 3.8) is 0 Å². The SMILES string of the molecule is CCOC(=O)c1cccc(N(C[C@@H]2C[C@@H](O[Si](C)(C)C(C)(C)C)CN2)C(=O)OC(C)(C)C)c1. The molecule has 1 fully saturated rings. The van der Waals surface area contributed by atoms with E-state index in [2.05, 4.69) is 39.2 Å². The van der Waals surface area contributed by atoms with E-state index in [-0.39, 0.29) is 17.2 Å². The molecule has 0 aliphatic carbocycles. The molecule has 0 radical (unpaired) electrons. The zero-order valence-electron chi connectivity index (χ0n) is 21.8. The van der Waals surface area contributed by atoms with E-state index < -0.39 is 26.0 Å². The number of carbonyl (C=O) groups excluding carboxylic acids is 2. The molecule has 8 heteroatoms.